The largest absolute Gasteiger partial charge is 0.376 e. The minimum atomic E-state index is -1.19. The summed E-state index contributed by atoms with van der Waals surface area (Å²) in [7, 11) is 8.00. The zero-order valence-electron chi connectivity index (χ0n) is 74.7. The van der Waals surface area contributed by atoms with Gasteiger partial charge in [-0.2, -0.15) is 0 Å². The molecule has 0 aromatic heterocycles. The number of hydrogen-bond donors (Lipinski definition) is 2. The van der Waals surface area contributed by atoms with Crippen molar-refractivity contribution in [2.75, 3.05) is 0 Å². The van der Waals surface area contributed by atoms with Gasteiger partial charge in [0.1, 0.15) is 31.8 Å². The molecular formula is C131H88B3Cl2O2. The van der Waals surface area contributed by atoms with E-state index in [1.807, 2.05) is 109 Å². The average Bonchev–Trinajstić information content (AvgIpc) is 1.57. The van der Waals surface area contributed by atoms with E-state index in [9.17, 15) is 10.2 Å². The first-order chi connectivity index (χ1) is 66.9. The van der Waals surface area contributed by atoms with Crippen LogP contribution >= 0.6 is 23.2 Å². The molecule has 6 aliphatic carbocycles. The van der Waals surface area contributed by atoms with Gasteiger partial charge in [0.05, 0.1) is 0 Å². The third-order valence-electron chi connectivity index (χ3n) is 28.7. The predicted molar refractivity (Wildman–Crippen MR) is 573 cm³/mol. The molecule has 6 aliphatic rings. The van der Waals surface area contributed by atoms with E-state index in [1.165, 1.54) is 66.8 Å². The van der Waals surface area contributed by atoms with Crippen LogP contribution < -0.4 is 0 Å². The molecule has 0 saturated heterocycles. The van der Waals surface area contributed by atoms with Crippen LogP contribution in [0.1, 0.15) is 119 Å². The molecule has 26 rings (SSSR count). The van der Waals surface area contributed by atoms with E-state index >= 15 is 0 Å². The van der Waals surface area contributed by atoms with Crippen LogP contribution in [0.25, 0.3) is 100 Å². The molecule has 138 heavy (non-hydrogen) atoms. The predicted octanol–water partition coefficient (Wildman–Crippen LogP) is 29.8. The molecular weight excluding hydrogens is 1710 g/mol. The second-order valence-electron chi connectivity index (χ2n) is 35.5. The van der Waals surface area contributed by atoms with Crippen molar-refractivity contribution in [3.05, 3.63) is 609 Å². The van der Waals surface area contributed by atoms with Crippen molar-refractivity contribution in [1.29, 1.82) is 0 Å². The molecule has 647 valence electrons. The number of benzene rings is 20. The first-order valence-corrected chi connectivity index (χ1v) is 46.8. The van der Waals surface area contributed by atoms with Crippen LogP contribution in [0, 0.1) is 23.7 Å². The Balaban J connectivity index is 0.000000123. The maximum absolute atomic E-state index is 12.1. The number of alkyl halides is 2. The van der Waals surface area contributed by atoms with Crippen LogP contribution in [0.15, 0.2) is 497 Å². The molecule has 2 nitrogen and oxygen atoms in total. The lowest BCUT2D eigenvalue weighted by Crippen LogP contribution is -2.26. The Bertz CT molecular complexity index is 7130. The summed E-state index contributed by atoms with van der Waals surface area (Å²) in [6.07, 6.45) is 0. The van der Waals surface area contributed by atoms with Gasteiger partial charge in [0.15, 0.2) is 0 Å². The van der Waals surface area contributed by atoms with Crippen molar-refractivity contribution in [3.63, 3.8) is 0 Å². The minimum absolute atomic E-state index is 0. The molecule has 0 unspecified atom stereocenters. The first kappa shape index (κ1) is 88.8. The first-order valence-electron chi connectivity index (χ1n) is 46.1. The number of aliphatic hydroxyl groups is 2. The van der Waals surface area contributed by atoms with Gasteiger partial charge in [0.2, 0.25) is 0 Å². The van der Waals surface area contributed by atoms with E-state index in [-0.39, 0.29) is 15.8 Å². The molecule has 0 spiro atoms. The fourth-order valence-corrected chi connectivity index (χ4v) is 23.2. The summed E-state index contributed by atoms with van der Waals surface area (Å²) in [6, 6.07) is 174. The van der Waals surface area contributed by atoms with E-state index < -0.39 is 31.8 Å². The minimum Gasteiger partial charge on any atom is -0.376 e. The van der Waals surface area contributed by atoms with E-state index in [0.717, 1.165) is 145 Å². The van der Waals surface area contributed by atoms with E-state index in [0.29, 0.717) is 0 Å². The summed E-state index contributed by atoms with van der Waals surface area (Å²) in [5, 5.41) is 24.3. The number of hydrogen-bond acceptors (Lipinski definition) is 2. The zero-order chi connectivity index (χ0) is 91.8. The van der Waals surface area contributed by atoms with Gasteiger partial charge in [-0.25, -0.2) is 0 Å². The van der Waals surface area contributed by atoms with E-state index in [2.05, 4.69) is 427 Å². The molecule has 20 aromatic rings. The number of fused-ring (bicyclic) bond motifs is 18. The smallest absolute Gasteiger partial charge is 0.141 e. The van der Waals surface area contributed by atoms with Gasteiger partial charge in [0.25, 0.3) is 0 Å². The van der Waals surface area contributed by atoms with Crippen molar-refractivity contribution in [1.82, 2.24) is 0 Å². The molecule has 2 N–H and O–H groups in total. The van der Waals surface area contributed by atoms with Crippen LogP contribution in [0.5, 0.6) is 0 Å². The van der Waals surface area contributed by atoms with Gasteiger partial charge in [0, 0.05) is 57.3 Å². The normalized spacial score (nSPS) is 14.1. The van der Waals surface area contributed by atoms with Crippen LogP contribution in [0.3, 0.4) is 0 Å². The van der Waals surface area contributed by atoms with Gasteiger partial charge in [-0.15, -0.1) is 23.2 Å². The standard InChI is InChI=1S/C54H34.C38H24Cl2.C38H26O2.CH4.B2.B/c1-3-15-39(16-4-1)35-37-53(49-23-11-7-19-45(49)46-20-8-12-24-50(46)53)43-31-27-41(28-32-43)42-29-33-44(34-30-42)54(38-36-40-17-5-2-6-18-40)51-25-13-9-21-47(51)48-22-10-14-26-52(48)54;2*39-37(33-13-5-1-9-29(33)30-10-2-6-14-34(30)37)27-21-17-25(18-22-27)26-19-23-28(24-20-26)38(40)35-15-7-3-11-31(35)32-12-4-8-16-36(32)38;;1-2;/h1-34H;1-24H;1-24,39-40H;1H4;;. The molecule has 0 atom stereocenters. The lowest BCUT2D eigenvalue weighted by molar-refractivity contribution is 0.130. The molecule has 7 heteroatoms. The fraction of sp³-hybridized carbons (Fsp3) is 0.0534. The molecule has 0 heterocycles. The summed E-state index contributed by atoms with van der Waals surface area (Å²) in [5.41, 5.74) is 38.6. The molecule has 0 fully saturated rings. The maximum atomic E-state index is 12.1. The summed E-state index contributed by atoms with van der Waals surface area (Å²) in [5.74, 6) is 14.8. The molecule has 0 saturated carbocycles. The second kappa shape index (κ2) is 36.1. The van der Waals surface area contributed by atoms with Gasteiger partial charge in [-0.3, -0.25) is 0 Å². The SMILES string of the molecule is C.C(#CC1(c2ccc(-c3ccc(C4(C#Cc5ccccc5)c5ccccc5-c5ccccc54)cc3)cc2)c2ccccc2-c2ccccc21)c1ccccc1.ClC1(c2ccc(-c3ccc(C4(Cl)c5ccccc5-c5ccccc54)cc3)cc2)c2ccccc2-c2ccccc21.OC1(c2ccc(-c3ccc(C4(O)c5ccccc5-c5ccccc54)cc3)cc2)c2ccccc2-c2ccccc21.[B].[B][B]. The molecule has 20 aromatic carbocycles. The average molecular weight is 1800 g/mol. The van der Waals surface area contributed by atoms with Crippen molar-refractivity contribution in [3.8, 4) is 124 Å². The van der Waals surface area contributed by atoms with Gasteiger partial charge < -0.3 is 10.2 Å². The Kier molecular flexibility index (Phi) is 23.2. The fourth-order valence-electron chi connectivity index (χ4n) is 22.3. The Morgan fingerprint density at radius 2 is 0.326 bits per heavy atom. The summed E-state index contributed by atoms with van der Waals surface area (Å²) >= 11 is 15.1. The highest BCUT2D eigenvalue weighted by molar-refractivity contribution is 6.75. The molecule has 0 amide bonds. The maximum Gasteiger partial charge on any atom is 0.141 e. The van der Waals surface area contributed by atoms with Gasteiger partial charge in [-0.05, 0) is 202 Å². The van der Waals surface area contributed by atoms with E-state index in [4.69, 9.17) is 23.2 Å². The van der Waals surface area contributed by atoms with Crippen molar-refractivity contribution in [2.45, 2.75) is 39.2 Å². The monoisotopic (exact) mass is 1800 g/mol. The Morgan fingerprint density at radius 3 is 0.536 bits per heavy atom. The Labute approximate surface area is 822 Å². The van der Waals surface area contributed by atoms with Crippen molar-refractivity contribution < 1.29 is 10.2 Å². The van der Waals surface area contributed by atoms with Crippen LogP contribution in [-0.2, 0) is 31.8 Å². The highest BCUT2D eigenvalue weighted by Gasteiger charge is 2.50. The molecule has 0 aliphatic heterocycles. The van der Waals surface area contributed by atoms with Gasteiger partial charge >= 0.3 is 0 Å². The van der Waals surface area contributed by atoms with Crippen molar-refractivity contribution in [2.24, 2.45) is 0 Å². The third kappa shape index (κ3) is 14.1. The lowest BCUT2D eigenvalue weighted by Gasteiger charge is -2.28. The van der Waals surface area contributed by atoms with Crippen LogP contribution in [0.2, 0.25) is 0 Å². The van der Waals surface area contributed by atoms with Gasteiger partial charge in [-0.1, -0.05) is 504 Å². The van der Waals surface area contributed by atoms with E-state index in [1.54, 1.807) is 0 Å². The topological polar surface area (TPSA) is 40.5 Å². The summed E-state index contributed by atoms with van der Waals surface area (Å²) in [4.78, 5) is -1.41. The van der Waals surface area contributed by atoms with Crippen molar-refractivity contribution >= 4 is 47.1 Å². The van der Waals surface area contributed by atoms with Crippen LogP contribution in [0.4, 0.5) is 0 Å². The highest BCUT2D eigenvalue weighted by atomic mass is 35.5. The summed E-state index contributed by atoms with van der Waals surface area (Å²) in [6.45, 7) is 0. The summed E-state index contributed by atoms with van der Waals surface area (Å²) < 4.78 is 0. The molecule has 0 bridgehead atoms. The quantitative estimate of drug-likeness (QED) is 0.0859. The number of rotatable bonds is 9. The molecule has 7 radical (unpaired) electrons. The Morgan fingerprint density at radius 1 is 0.174 bits per heavy atom. The zero-order valence-corrected chi connectivity index (χ0v) is 76.2. The number of halogens is 2. The lowest BCUT2D eigenvalue weighted by atomic mass is 9.72. The highest BCUT2D eigenvalue weighted by Crippen LogP contribution is 2.60. The Hall–Kier alpha value is -15.8. The van der Waals surface area contributed by atoms with Crippen LogP contribution in [-0.4, -0.2) is 34.1 Å². The second-order valence-corrected chi connectivity index (χ2v) is 36.6. The third-order valence-corrected chi connectivity index (χ3v) is 29.9.